The van der Waals surface area contributed by atoms with E-state index in [4.69, 9.17) is 16.3 Å². The molecule has 1 rings (SSSR count). The molecule has 0 radical (unpaired) electrons. The molecule has 16 heavy (non-hydrogen) atoms. The first kappa shape index (κ1) is 13.3. The van der Waals surface area contributed by atoms with Crippen LogP contribution in [0.1, 0.15) is 18.1 Å². The second-order valence-corrected chi connectivity index (χ2v) is 3.96. The van der Waals surface area contributed by atoms with E-state index in [1.54, 1.807) is 7.11 Å². The molecule has 0 aliphatic heterocycles. The van der Waals surface area contributed by atoms with Crippen molar-refractivity contribution in [1.29, 1.82) is 0 Å². The fourth-order valence-corrected chi connectivity index (χ4v) is 1.79. The highest BCUT2D eigenvalue weighted by Gasteiger charge is 2.09. The van der Waals surface area contributed by atoms with Crippen LogP contribution in [-0.4, -0.2) is 31.8 Å². The summed E-state index contributed by atoms with van der Waals surface area (Å²) < 4.78 is 5.09. The summed E-state index contributed by atoms with van der Waals surface area (Å²) in [5, 5.41) is 0. The Bertz CT molecular complexity index is 331. The van der Waals surface area contributed by atoms with Crippen LogP contribution < -0.4 is 4.90 Å². The molecule has 0 spiro atoms. The number of halogens is 1. The van der Waals surface area contributed by atoms with E-state index in [2.05, 4.69) is 29.8 Å². The summed E-state index contributed by atoms with van der Waals surface area (Å²) in [4.78, 5) is 6.66. The highest BCUT2D eigenvalue weighted by molar-refractivity contribution is 6.17. The molecule has 1 aromatic heterocycles. The van der Waals surface area contributed by atoms with Crippen LogP contribution in [0, 0.1) is 6.92 Å². The molecule has 4 heteroatoms. The van der Waals surface area contributed by atoms with E-state index in [-0.39, 0.29) is 0 Å². The molecule has 0 N–H and O–H groups in total. The number of hydrogen-bond donors (Lipinski definition) is 0. The van der Waals surface area contributed by atoms with E-state index in [0.29, 0.717) is 12.5 Å². The quantitative estimate of drug-likeness (QED) is 0.717. The third-order valence-electron chi connectivity index (χ3n) is 2.51. The lowest BCUT2D eigenvalue weighted by atomic mass is 10.2. The molecule has 0 saturated heterocycles. The van der Waals surface area contributed by atoms with Crippen LogP contribution in [0.15, 0.2) is 12.3 Å². The van der Waals surface area contributed by atoms with Crippen molar-refractivity contribution in [2.24, 2.45) is 0 Å². The Kier molecular flexibility index (Phi) is 5.56. The van der Waals surface area contributed by atoms with Gasteiger partial charge in [0, 0.05) is 32.3 Å². The molecule has 0 aliphatic rings. The number of likely N-dealkylation sites (N-methyl/N-ethyl adjacent to an activating group) is 1. The van der Waals surface area contributed by atoms with Gasteiger partial charge >= 0.3 is 0 Å². The number of nitrogens with zero attached hydrogens (tertiary/aromatic N) is 2. The fraction of sp³-hybridized carbons (Fsp3) is 0.583. The second-order valence-electron chi connectivity index (χ2n) is 3.69. The van der Waals surface area contributed by atoms with Gasteiger partial charge in [0.05, 0.1) is 6.61 Å². The van der Waals surface area contributed by atoms with Gasteiger partial charge in [0.25, 0.3) is 0 Å². The SMILES string of the molecule is CCN(CCOC)c1ncc(CCl)cc1C. The van der Waals surface area contributed by atoms with E-state index < -0.39 is 0 Å². The average molecular weight is 243 g/mol. The molecule has 0 fully saturated rings. The topological polar surface area (TPSA) is 25.4 Å². The number of aromatic nitrogens is 1. The van der Waals surface area contributed by atoms with E-state index in [1.165, 1.54) is 0 Å². The molecular weight excluding hydrogens is 224 g/mol. The summed E-state index contributed by atoms with van der Waals surface area (Å²) in [7, 11) is 1.71. The zero-order chi connectivity index (χ0) is 12.0. The van der Waals surface area contributed by atoms with Crippen LogP contribution in [0.3, 0.4) is 0 Å². The molecule has 0 bridgehead atoms. The van der Waals surface area contributed by atoms with Crippen molar-refractivity contribution in [2.75, 3.05) is 31.7 Å². The van der Waals surface area contributed by atoms with Crippen LogP contribution in [0.25, 0.3) is 0 Å². The largest absolute Gasteiger partial charge is 0.383 e. The molecule has 90 valence electrons. The van der Waals surface area contributed by atoms with Crippen LogP contribution in [-0.2, 0) is 10.6 Å². The number of ether oxygens (including phenoxy) is 1. The molecule has 0 atom stereocenters. The van der Waals surface area contributed by atoms with Crippen molar-refractivity contribution in [3.8, 4) is 0 Å². The molecule has 3 nitrogen and oxygen atoms in total. The Labute approximate surface area is 102 Å². The van der Waals surface area contributed by atoms with Gasteiger partial charge in [0.15, 0.2) is 0 Å². The minimum atomic E-state index is 0.512. The first-order chi connectivity index (χ1) is 7.72. The van der Waals surface area contributed by atoms with Gasteiger partial charge in [-0.15, -0.1) is 11.6 Å². The molecule has 0 aromatic carbocycles. The second kappa shape index (κ2) is 6.71. The summed E-state index contributed by atoms with van der Waals surface area (Å²) in [5.74, 6) is 1.53. The van der Waals surface area contributed by atoms with E-state index in [9.17, 15) is 0 Å². The number of aryl methyl sites for hydroxylation is 1. The molecule has 1 aromatic rings. The maximum Gasteiger partial charge on any atom is 0.131 e. The van der Waals surface area contributed by atoms with Crippen molar-refractivity contribution in [1.82, 2.24) is 4.98 Å². The lowest BCUT2D eigenvalue weighted by Crippen LogP contribution is -2.28. The molecule has 1 heterocycles. The van der Waals surface area contributed by atoms with Gasteiger partial charge in [0.1, 0.15) is 5.82 Å². The molecule has 0 saturated carbocycles. The van der Waals surface area contributed by atoms with Gasteiger partial charge in [-0.3, -0.25) is 0 Å². The van der Waals surface area contributed by atoms with Crippen molar-refractivity contribution in [3.05, 3.63) is 23.4 Å². The third kappa shape index (κ3) is 3.35. The minimum absolute atomic E-state index is 0.512. The van der Waals surface area contributed by atoms with E-state index in [1.807, 2.05) is 6.20 Å². The zero-order valence-corrected chi connectivity index (χ0v) is 10.9. The van der Waals surface area contributed by atoms with E-state index >= 15 is 0 Å². The number of pyridine rings is 1. The first-order valence-electron chi connectivity index (χ1n) is 5.48. The Balaban J connectivity index is 2.83. The molecule has 0 unspecified atom stereocenters. The van der Waals surface area contributed by atoms with Crippen LogP contribution >= 0.6 is 11.6 Å². The Morgan fingerprint density at radius 3 is 2.75 bits per heavy atom. The van der Waals surface area contributed by atoms with Gasteiger partial charge < -0.3 is 9.64 Å². The Hall–Kier alpha value is -0.800. The summed E-state index contributed by atoms with van der Waals surface area (Å²) in [6.07, 6.45) is 1.84. The summed E-state index contributed by atoms with van der Waals surface area (Å²) in [5.41, 5.74) is 2.22. The van der Waals surface area contributed by atoms with Gasteiger partial charge in [-0.2, -0.15) is 0 Å². The van der Waals surface area contributed by atoms with Gasteiger partial charge in [-0.25, -0.2) is 4.98 Å². The number of methoxy groups -OCH3 is 1. The Morgan fingerprint density at radius 1 is 1.50 bits per heavy atom. The first-order valence-corrected chi connectivity index (χ1v) is 6.01. The maximum absolute atomic E-state index is 5.77. The smallest absolute Gasteiger partial charge is 0.131 e. The van der Waals surface area contributed by atoms with Crippen molar-refractivity contribution >= 4 is 17.4 Å². The number of rotatable bonds is 6. The number of alkyl halides is 1. The van der Waals surface area contributed by atoms with Crippen LogP contribution in [0.2, 0.25) is 0 Å². The molecule has 0 aliphatic carbocycles. The average Bonchev–Trinajstić information content (AvgIpc) is 2.31. The fourth-order valence-electron chi connectivity index (χ4n) is 1.65. The highest BCUT2D eigenvalue weighted by atomic mass is 35.5. The predicted octanol–water partition coefficient (Wildman–Crippen LogP) is 2.60. The van der Waals surface area contributed by atoms with Crippen molar-refractivity contribution in [2.45, 2.75) is 19.7 Å². The minimum Gasteiger partial charge on any atom is -0.383 e. The highest BCUT2D eigenvalue weighted by Crippen LogP contribution is 2.18. The monoisotopic (exact) mass is 242 g/mol. The zero-order valence-electron chi connectivity index (χ0n) is 10.2. The lowest BCUT2D eigenvalue weighted by Gasteiger charge is -2.23. The normalized spacial score (nSPS) is 10.5. The van der Waals surface area contributed by atoms with Crippen LogP contribution in [0.5, 0.6) is 0 Å². The molecule has 0 amide bonds. The van der Waals surface area contributed by atoms with Crippen molar-refractivity contribution < 1.29 is 4.74 Å². The molecular formula is C12H19ClN2O. The van der Waals surface area contributed by atoms with Gasteiger partial charge in [-0.1, -0.05) is 0 Å². The standard InChI is InChI=1S/C12H19ClN2O/c1-4-15(5-6-16-3)12-10(2)7-11(8-13)9-14-12/h7,9H,4-6,8H2,1-3H3. The summed E-state index contributed by atoms with van der Waals surface area (Å²) >= 11 is 5.77. The van der Waals surface area contributed by atoms with Gasteiger partial charge in [-0.05, 0) is 31.0 Å². The maximum atomic E-state index is 5.77. The van der Waals surface area contributed by atoms with Gasteiger partial charge in [0.2, 0.25) is 0 Å². The lowest BCUT2D eigenvalue weighted by molar-refractivity contribution is 0.205. The Morgan fingerprint density at radius 2 is 2.25 bits per heavy atom. The number of hydrogen-bond acceptors (Lipinski definition) is 3. The predicted molar refractivity (Wildman–Crippen MR) is 68.3 cm³/mol. The van der Waals surface area contributed by atoms with Crippen LogP contribution in [0.4, 0.5) is 5.82 Å². The van der Waals surface area contributed by atoms with Crippen molar-refractivity contribution in [3.63, 3.8) is 0 Å². The number of anilines is 1. The summed E-state index contributed by atoms with van der Waals surface area (Å²) in [6.45, 7) is 6.69. The summed E-state index contributed by atoms with van der Waals surface area (Å²) in [6, 6.07) is 2.09. The third-order valence-corrected chi connectivity index (χ3v) is 2.82. The van der Waals surface area contributed by atoms with E-state index in [0.717, 1.165) is 30.0 Å².